The molecule has 2 amide bonds. The largest absolute Gasteiger partial charge is 0.467 e. The predicted octanol–water partition coefficient (Wildman–Crippen LogP) is 0.771. The number of ether oxygens (including phenoxy) is 1. The number of imidazole rings is 1. The first-order valence-electron chi connectivity index (χ1n) is 6.76. The van der Waals surface area contributed by atoms with E-state index < -0.39 is 12.0 Å². The topological polar surface area (TPSA) is 78.5 Å². The maximum atomic E-state index is 12.5. The molecular weight excluding hydrogens is 260 g/mol. The minimum atomic E-state index is -0.608. The number of amides is 2. The number of rotatable bonds is 3. The molecule has 1 aromatic heterocycles. The number of nitrogens with one attached hydrogen (secondary N) is 1. The summed E-state index contributed by atoms with van der Waals surface area (Å²) in [6.07, 6.45) is 1.98. The molecule has 0 spiro atoms. The van der Waals surface area contributed by atoms with E-state index in [1.165, 1.54) is 7.11 Å². The van der Waals surface area contributed by atoms with Crippen LogP contribution in [0.25, 0.3) is 0 Å². The van der Waals surface area contributed by atoms with Gasteiger partial charge in [-0.2, -0.15) is 0 Å². The van der Waals surface area contributed by atoms with Crippen LogP contribution in [0.15, 0.2) is 6.33 Å². The normalized spacial score (nSPS) is 17.6. The molecule has 110 valence electrons. The summed E-state index contributed by atoms with van der Waals surface area (Å²) in [7, 11) is 1.34. The second-order valence-corrected chi connectivity index (χ2v) is 4.65. The van der Waals surface area contributed by atoms with Gasteiger partial charge in [0, 0.05) is 19.5 Å². The van der Waals surface area contributed by atoms with Crippen LogP contribution < -0.4 is 0 Å². The minimum absolute atomic E-state index is 0.148. The SMILES string of the molecule is CCN(CC)C(=O)N1Cc2[nH]cnc2CC1C(=O)OC. The Labute approximate surface area is 117 Å². The zero-order valence-corrected chi connectivity index (χ0v) is 12.0. The van der Waals surface area contributed by atoms with Crippen LogP contribution in [0.2, 0.25) is 0 Å². The van der Waals surface area contributed by atoms with Crippen molar-refractivity contribution in [3.8, 4) is 0 Å². The van der Waals surface area contributed by atoms with E-state index in [4.69, 9.17) is 4.74 Å². The molecule has 1 aromatic rings. The van der Waals surface area contributed by atoms with Crippen molar-refractivity contribution in [1.29, 1.82) is 0 Å². The van der Waals surface area contributed by atoms with Crippen molar-refractivity contribution < 1.29 is 14.3 Å². The molecule has 0 radical (unpaired) electrons. The number of aromatic amines is 1. The van der Waals surface area contributed by atoms with Crippen molar-refractivity contribution >= 4 is 12.0 Å². The fourth-order valence-electron chi connectivity index (χ4n) is 2.46. The van der Waals surface area contributed by atoms with Crippen molar-refractivity contribution in [3.63, 3.8) is 0 Å². The van der Waals surface area contributed by atoms with Gasteiger partial charge in [0.05, 0.1) is 31.4 Å². The van der Waals surface area contributed by atoms with Gasteiger partial charge < -0.3 is 19.5 Å². The number of hydrogen-bond donors (Lipinski definition) is 1. The summed E-state index contributed by atoms with van der Waals surface area (Å²) >= 11 is 0. The molecule has 20 heavy (non-hydrogen) atoms. The second kappa shape index (κ2) is 5.94. The fraction of sp³-hybridized carbons (Fsp3) is 0.615. The number of fused-ring (bicyclic) bond motifs is 1. The van der Waals surface area contributed by atoms with Crippen LogP contribution in [-0.4, -0.2) is 58.0 Å². The molecule has 1 unspecified atom stereocenters. The first kappa shape index (κ1) is 14.4. The Bertz CT molecular complexity index is 496. The third kappa shape index (κ3) is 2.48. The van der Waals surface area contributed by atoms with Crippen molar-refractivity contribution in [2.75, 3.05) is 20.2 Å². The van der Waals surface area contributed by atoms with Gasteiger partial charge in [-0.25, -0.2) is 14.6 Å². The molecule has 2 heterocycles. The summed E-state index contributed by atoms with van der Waals surface area (Å²) in [5.74, 6) is -0.404. The van der Waals surface area contributed by atoms with Crippen molar-refractivity contribution in [2.45, 2.75) is 32.9 Å². The van der Waals surface area contributed by atoms with Gasteiger partial charge in [-0.3, -0.25) is 0 Å². The number of hydrogen-bond acceptors (Lipinski definition) is 4. The number of H-pyrrole nitrogens is 1. The van der Waals surface area contributed by atoms with Crippen LogP contribution in [0.1, 0.15) is 25.2 Å². The van der Waals surface area contributed by atoms with E-state index in [9.17, 15) is 9.59 Å². The van der Waals surface area contributed by atoms with Crippen molar-refractivity contribution in [2.24, 2.45) is 0 Å². The standard InChI is InChI=1S/C13H20N4O3/c1-4-16(5-2)13(19)17-7-10-9(14-8-15-10)6-11(17)12(18)20-3/h8,11H,4-7H2,1-3H3,(H,14,15). The highest BCUT2D eigenvalue weighted by Gasteiger charge is 2.37. The van der Waals surface area contributed by atoms with E-state index in [0.29, 0.717) is 26.1 Å². The minimum Gasteiger partial charge on any atom is -0.467 e. The average Bonchev–Trinajstić information content (AvgIpc) is 2.93. The summed E-state index contributed by atoms with van der Waals surface area (Å²) in [4.78, 5) is 34.9. The number of aromatic nitrogens is 2. The Morgan fingerprint density at radius 2 is 2.20 bits per heavy atom. The van der Waals surface area contributed by atoms with Crippen LogP contribution in [0.5, 0.6) is 0 Å². The second-order valence-electron chi connectivity index (χ2n) is 4.65. The molecule has 0 bridgehead atoms. The molecule has 1 atom stereocenters. The molecule has 0 aliphatic carbocycles. The summed E-state index contributed by atoms with van der Waals surface area (Å²) in [6, 6.07) is -0.755. The molecule has 0 saturated carbocycles. The number of nitrogens with zero attached hydrogens (tertiary/aromatic N) is 3. The molecule has 1 N–H and O–H groups in total. The molecule has 0 aromatic carbocycles. The molecule has 0 saturated heterocycles. The maximum absolute atomic E-state index is 12.5. The molecule has 0 fully saturated rings. The van der Waals surface area contributed by atoms with Crippen molar-refractivity contribution in [3.05, 3.63) is 17.7 Å². The highest BCUT2D eigenvalue weighted by Crippen LogP contribution is 2.22. The van der Waals surface area contributed by atoms with E-state index in [1.54, 1.807) is 16.1 Å². The van der Waals surface area contributed by atoms with Gasteiger partial charge in [-0.15, -0.1) is 0 Å². The Kier molecular flexibility index (Phi) is 4.26. The average molecular weight is 280 g/mol. The maximum Gasteiger partial charge on any atom is 0.329 e. The number of carbonyl (C=O) groups is 2. The third-order valence-electron chi connectivity index (χ3n) is 3.65. The number of methoxy groups -OCH3 is 1. The van der Waals surface area contributed by atoms with Crippen molar-refractivity contribution in [1.82, 2.24) is 19.8 Å². The molecule has 1 aliphatic heterocycles. The summed E-state index contributed by atoms with van der Waals surface area (Å²) < 4.78 is 4.82. The van der Waals surface area contributed by atoms with Crippen LogP contribution in [0.3, 0.4) is 0 Å². The monoisotopic (exact) mass is 280 g/mol. The van der Waals surface area contributed by atoms with Crippen LogP contribution in [-0.2, 0) is 22.5 Å². The van der Waals surface area contributed by atoms with E-state index in [2.05, 4.69) is 9.97 Å². The molecule has 7 nitrogen and oxygen atoms in total. The Hall–Kier alpha value is -2.05. The Balaban J connectivity index is 2.28. The van der Waals surface area contributed by atoms with Crippen LogP contribution in [0, 0.1) is 0 Å². The van der Waals surface area contributed by atoms with E-state index in [0.717, 1.165) is 11.4 Å². The van der Waals surface area contributed by atoms with Gasteiger partial charge in [0.2, 0.25) is 0 Å². The lowest BCUT2D eigenvalue weighted by Crippen LogP contribution is -2.53. The zero-order chi connectivity index (χ0) is 14.7. The van der Waals surface area contributed by atoms with Gasteiger partial charge in [-0.05, 0) is 13.8 Å². The van der Waals surface area contributed by atoms with Gasteiger partial charge >= 0.3 is 12.0 Å². The predicted molar refractivity (Wildman–Crippen MR) is 72.0 cm³/mol. The molecule has 1 aliphatic rings. The Morgan fingerprint density at radius 3 is 2.80 bits per heavy atom. The van der Waals surface area contributed by atoms with Gasteiger partial charge in [0.25, 0.3) is 0 Å². The smallest absolute Gasteiger partial charge is 0.329 e. The highest BCUT2D eigenvalue weighted by molar-refractivity contribution is 5.84. The van der Waals surface area contributed by atoms with Gasteiger partial charge in [-0.1, -0.05) is 0 Å². The third-order valence-corrected chi connectivity index (χ3v) is 3.65. The lowest BCUT2D eigenvalue weighted by Gasteiger charge is -2.36. The van der Waals surface area contributed by atoms with Gasteiger partial charge in [0.15, 0.2) is 0 Å². The Morgan fingerprint density at radius 1 is 1.50 bits per heavy atom. The highest BCUT2D eigenvalue weighted by atomic mass is 16.5. The first-order chi connectivity index (χ1) is 9.62. The van der Waals surface area contributed by atoms with E-state index in [1.807, 2.05) is 13.8 Å². The summed E-state index contributed by atoms with van der Waals surface area (Å²) in [5, 5.41) is 0. The first-order valence-corrected chi connectivity index (χ1v) is 6.76. The molecular formula is C13H20N4O3. The zero-order valence-electron chi connectivity index (χ0n) is 12.0. The van der Waals surface area contributed by atoms with E-state index in [-0.39, 0.29) is 6.03 Å². The van der Waals surface area contributed by atoms with Crippen LogP contribution in [0.4, 0.5) is 4.79 Å². The fourth-order valence-corrected chi connectivity index (χ4v) is 2.46. The lowest BCUT2D eigenvalue weighted by atomic mass is 10.0. The summed E-state index contributed by atoms with van der Waals surface area (Å²) in [5.41, 5.74) is 1.70. The van der Waals surface area contributed by atoms with E-state index >= 15 is 0 Å². The van der Waals surface area contributed by atoms with Gasteiger partial charge in [0.1, 0.15) is 6.04 Å². The quantitative estimate of drug-likeness (QED) is 0.830. The number of esters is 1. The van der Waals surface area contributed by atoms with Crippen LogP contribution >= 0.6 is 0 Å². The number of urea groups is 1. The summed E-state index contributed by atoms with van der Waals surface area (Å²) in [6.45, 7) is 5.40. The number of carbonyl (C=O) groups excluding carboxylic acids is 2. The molecule has 7 heteroatoms. The molecule has 2 rings (SSSR count). The lowest BCUT2D eigenvalue weighted by molar-refractivity contribution is -0.146.